The molecule has 3 nitrogen and oxygen atoms in total. The number of fused-ring (bicyclic) bond motifs is 1. The van der Waals surface area contributed by atoms with Crippen LogP contribution in [0.15, 0.2) is 51.8 Å². The molecule has 0 unspecified atom stereocenters. The SMILES string of the molecule is O=S1(=O)N=C(c2cc(C(F)(F)F)cc(C(F)(F)F)c2)c2ccccc21. The smallest absolute Gasteiger partial charge is 0.199 e. The maximum absolute atomic E-state index is 12.9. The molecule has 1 heterocycles. The Kier molecular flexibility index (Phi) is 3.71. The average molecular weight is 379 g/mol. The Balaban J connectivity index is 2.29. The van der Waals surface area contributed by atoms with Crippen molar-refractivity contribution in [3.63, 3.8) is 0 Å². The molecule has 0 saturated carbocycles. The zero-order chi connectivity index (χ0) is 18.6. The van der Waals surface area contributed by atoms with Crippen LogP contribution in [0.1, 0.15) is 22.3 Å². The summed E-state index contributed by atoms with van der Waals surface area (Å²) in [5, 5.41) is 0. The number of sulfonamides is 1. The Morgan fingerprint density at radius 2 is 1.32 bits per heavy atom. The fourth-order valence-corrected chi connectivity index (χ4v) is 3.64. The van der Waals surface area contributed by atoms with Gasteiger partial charge in [-0.1, -0.05) is 18.2 Å². The van der Waals surface area contributed by atoms with Crippen LogP contribution >= 0.6 is 0 Å². The van der Waals surface area contributed by atoms with Crippen molar-refractivity contribution in [3.05, 3.63) is 64.7 Å². The summed E-state index contributed by atoms with van der Waals surface area (Å²) in [6.07, 6.45) is -10.1. The van der Waals surface area contributed by atoms with E-state index in [2.05, 4.69) is 4.40 Å². The first-order chi connectivity index (χ1) is 11.4. The van der Waals surface area contributed by atoms with Gasteiger partial charge in [0.1, 0.15) is 0 Å². The second-order valence-corrected chi connectivity index (χ2v) is 6.78. The summed E-state index contributed by atoms with van der Waals surface area (Å²) in [4.78, 5) is -0.268. The molecule has 0 spiro atoms. The van der Waals surface area contributed by atoms with Gasteiger partial charge in [0.05, 0.1) is 21.7 Å². The van der Waals surface area contributed by atoms with E-state index in [9.17, 15) is 34.8 Å². The molecule has 0 fully saturated rings. The zero-order valence-electron chi connectivity index (χ0n) is 12.0. The summed E-state index contributed by atoms with van der Waals surface area (Å²) >= 11 is 0. The normalized spacial score (nSPS) is 16.5. The van der Waals surface area contributed by atoms with Gasteiger partial charge in [-0.05, 0) is 24.3 Å². The van der Waals surface area contributed by atoms with Crippen LogP contribution < -0.4 is 0 Å². The molecular formula is C15H7F6NO2S. The van der Waals surface area contributed by atoms with E-state index in [1.165, 1.54) is 24.3 Å². The molecule has 25 heavy (non-hydrogen) atoms. The lowest BCUT2D eigenvalue weighted by Crippen LogP contribution is -2.13. The maximum Gasteiger partial charge on any atom is 0.416 e. The summed E-state index contributed by atoms with van der Waals surface area (Å²) in [6.45, 7) is 0. The molecule has 1 aliphatic heterocycles. The standard InChI is InChI=1S/C15H7F6NO2S/c16-14(17,18)9-5-8(6-10(7-9)15(19,20)21)13-11-3-1-2-4-12(11)25(23,24)22-13/h1-7H. The largest absolute Gasteiger partial charge is 0.416 e. The summed E-state index contributed by atoms with van der Waals surface area (Å²) < 4.78 is 105. The van der Waals surface area contributed by atoms with E-state index in [4.69, 9.17) is 0 Å². The Morgan fingerprint density at radius 1 is 0.800 bits per heavy atom. The summed E-state index contributed by atoms with van der Waals surface area (Å²) in [6, 6.07) is 6.11. The van der Waals surface area contributed by atoms with Crippen LogP contribution in [0.2, 0.25) is 0 Å². The van der Waals surface area contributed by atoms with E-state index in [-0.39, 0.29) is 16.5 Å². The van der Waals surface area contributed by atoms with Crippen LogP contribution in [0.4, 0.5) is 26.3 Å². The van der Waals surface area contributed by atoms with Crippen LogP contribution in [0, 0.1) is 0 Å². The van der Waals surface area contributed by atoms with Crippen molar-refractivity contribution in [1.29, 1.82) is 0 Å². The third-order valence-electron chi connectivity index (χ3n) is 3.49. The Morgan fingerprint density at radius 3 is 1.84 bits per heavy atom. The topological polar surface area (TPSA) is 46.5 Å². The molecule has 0 atom stereocenters. The van der Waals surface area contributed by atoms with Gasteiger partial charge in [0.2, 0.25) is 0 Å². The fourth-order valence-electron chi connectivity index (χ4n) is 2.41. The molecule has 132 valence electrons. The minimum atomic E-state index is -5.03. The lowest BCUT2D eigenvalue weighted by molar-refractivity contribution is -0.143. The number of alkyl halides is 6. The third kappa shape index (κ3) is 3.13. The van der Waals surface area contributed by atoms with Gasteiger partial charge in [0.25, 0.3) is 10.0 Å². The van der Waals surface area contributed by atoms with Gasteiger partial charge in [0.15, 0.2) is 0 Å². The van der Waals surface area contributed by atoms with Gasteiger partial charge in [-0.15, -0.1) is 0 Å². The van der Waals surface area contributed by atoms with E-state index in [0.29, 0.717) is 12.1 Å². The molecule has 0 bridgehead atoms. The van der Waals surface area contributed by atoms with Crippen LogP contribution in [-0.2, 0) is 22.4 Å². The monoisotopic (exact) mass is 379 g/mol. The van der Waals surface area contributed by atoms with Gasteiger partial charge in [-0.25, -0.2) is 0 Å². The molecular weight excluding hydrogens is 372 g/mol. The molecule has 0 saturated heterocycles. The number of hydrogen-bond donors (Lipinski definition) is 0. The molecule has 1 aliphatic rings. The molecule has 0 aromatic heterocycles. The van der Waals surface area contributed by atoms with Crippen molar-refractivity contribution in [2.24, 2.45) is 4.40 Å². The lowest BCUT2D eigenvalue weighted by Gasteiger charge is -2.14. The molecule has 0 amide bonds. The molecule has 2 aromatic rings. The second kappa shape index (κ2) is 5.32. The summed E-state index contributed by atoms with van der Waals surface area (Å²) in [5.41, 5.74) is -4.15. The number of hydrogen-bond acceptors (Lipinski definition) is 2. The molecule has 10 heteroatoms. The first-order valence-corrected chi connectivity index (χ1v) is 8.08. The van der Waals surface area contributed by atoms with Gasteiger partial charge in [-0.3, -0.25) is 0 Å². The van der Waals surface area contributed by atoms with Crippen molar-refractivity contribution < 1.29 is 34.8 Å². The Labute approximate surface area is 137 Å². The Hall–Kier alpha value is -2.36. The molecule has 0 N–H and O–H groups in total. The zero-order valence-corrected chi connectivity index (χ0v) is 12.8. The second-order valence-electron chi connectivity index (χ2n) is 5.21. The minimum absolute atomic E-state index is 0.0284. The molecule has 3 rings (SSSR count). The number of benzene rings is 2. The van der Waals surface area contributed by atoms with E-state index < -0.39 is 44.8 Å². The first kappa shape index (κ1) is 17.5. The van der Waals surface area contributed by atoms with Crippen LogP contribution in [0.25, 0.3) is 0 Å². The number of nitrogens with zero attached hydrogens (tertiary/aromatic N) is 1. The van der Waals surface area contributed by atoms with Crippen molar-refractivity contribution in [3.8, 4) is 0 Å². The lowest BCUT2D eigenvalue weighted by atomic mass is 9.97. The predicted octanol–water partition coefficient (Wildman–Crippen LogP) is 4.26. The maximum atomic E-state index is 12.9. The van der Waals surface area contributed by atoms with E-state index in [1.54, 1.807) is 0 Å². The minimum Gasteiger partial charge on any atom is -0.199 e. The van der Waals surface area contributed by atoms with E-state index >= 15 is 0 Å². The van der Waals surface area contributed by atoms with Crippen LogP contribution in [0.3, 0.4) is 0 Å². The van der Waals surface area contributed by atoms with Gasteiger partial charge in [0, 0.05) is 11.1 Å². The molecule has 0 aliphatic carbocycles. The fraction of sp³-hybridized carbons (Fsp3) is 0.133. The summed E-state index contributed by atoms with van der Waals surface area (Å²) in [7, 11) is -4.17. The van der Waals surface area contributed by atoms with Crippen molar-refractivity contribution in [2.45, 2.75) is 17.2 Å². The average Bonchev–Trinajstić information content (AvgIpc) is 2.77. The number of halogens is 6. The third-order valence-corrected chi connectivity index (χ3v) is 4.83. The van der Waals surface area contributed by atoms with Gasteiger partial charge in [-0.2, -0.15) is 39.2 Å². The van der Waals surface area contributed by atoms with Crippen molar-refractivity contribution in [2.75, 3.05) is 0 Å². The highest BCUT2D eigenvalue weighted by Crippen LogP contribution is 2.38. The van der Waals surface area contributed by atoms with E-state index in [0.717, 1.165) is 0 Å². The first-order valence-electron chi connectivity index (χ1n) is 6.64. The van der Waals surface area contributed by atoms with Gasteiger partial charge >= 0.3 is 12.4 Å². The highest BCUT2D eigenvalue weighted by atomic mass is 32.2. The quantitative estimate of drug-likeness (QED) is 0.695. The van der Waals surface area contributed by atoms with Crippen molar-refractivity contribution in [1.82, 2.24) is 0 Å². The van der Waals surface area contributed by atoms with Crippen LogP contribution in [-0.4, -0.2) is 14.1 Å². The highest BCUT2D eigenvalue weighted by Gasteiger charge is 2.38. The van der Waals surface area contributed by atoms with E-state index in [1.807, 2.05) is 0 Å². The molecule has 0 radical (unpaired) electrons. The van der Waals surface area contributed by atoms with Crippen LogP contribution in [0.5, 0.6) is 0 Å². The molecule has 2 aromatic carbocycles. The Bertz CT molecular complexity index is 958. The highest BCUT2D eigenvalue weighted by molar-refractivity contribution is 7.90. The number of rotatable bonds is 1. The predicted molar refractivity (Wildman–Crippen MR) is 75.7 cm³/mol. The van der Waals surface area contributed by atoms with Crippen molar-refractivity contribution >= 4 is 15.7 Å². The van der Waals surface area contributed by atoms with Gasteiger partial charge < -0.3 is 0 Å². The summed E-state index contributed by atoms with van der Waals surface area (Å²) in [5.74, 6) is 0.